The van der Waals surface area contributed by atoms with Gasteiger partial charge in [-0.3, -0.25) is 0 Å². The minimum absolute atomic E-state index is 0.727. The van der Waals surface area contributed by atoms with Crippen LogP contribution in [0.2, 0.25) is 0 Å². The zero-order valence-electron chi connectivity index (χ0n) is 10.8. The third-order valence-electron chi connectivity index (χ3n) is 3.88. The molecule has 0 amide bonds. The molecule has 1 aromatic carbocycles. The monoisotopic (exact) mass is 244 g/mol. The molecule has 2 heterocycles. The summed E-state index contributed by atoms with van der Waals surface area (Å²) < 4.78 is 0. The van der Waals surface area contributed by atoms with E-state index in [-0.39, 0.29) is 0 Å². The van der Waals surface area contributed by atoms with Crippen LogP contribution in [0.15, 0.2) is 18.2 Å². The first-order chi connectivity index (χ1) is 8.72. The molecule has 0 spiro atoms. The molecular formula is C14H20N4. The number of aromatic nitrogens is 2. The van der Waals surface area contributed by atoms with Gasteiger partial charge in [0.2, 0.25) is 0 Å². The van der Waals surface area contributed by atoms with Crippen molar-refractivity contribution in [3.8, 4) is 0 Å². The van der Waals surface area contributed by atoms with Crippen LogP contribution in [0.25, 0.3) is 11.0 Å². The van der Waals surface area contributed by atoms with Crippen LogP contribution in [-0.4, -0.2) is 34.0 Å². The largest absolute Gasteiger partial charge is 0.399 e. The summed E-state index contributed by atoms with van der Waals surface area (Å²) in [4.78, 5) is 10.5. The van der Waals surface area contributed by atoms with Crippen molar-refractivity contribution < 1.29 is 0 Å². The highest BCUT2D eigenvalue weighted by Gasteiger charge is 2.19. The molecule has 1 aliphatic rings. The van der Waals surface area contributed by atoms with Crippen molar-refractivity contribution in [3.63, 3.8) is 0 Å². The molecule has 3 rings (SSSR count). The minimum Gasteiger partial charge on any atom is -0.399 e. The normalized spacial score (nSPS) is 20.8. The lowest BCUT2D eigenvalue weighted by molar-refractivity contribution is 0.271. The SMILES string of the molecule is CC1CCCN1CCc1nc2ccc(N)cc2[nH]1. The Morgan fingerprint density at radius 3 is 3.17 bits per heavy atom. The molecule has 1 atom stereocenters. The Labute approximate surface area is 107 Å². The van der Waals surface area contributed by atoms with E-state index in [9.17, 15) is 0 Å². The second-order valence-corrected chi connectivity index (χ2v) is 5.24. The molecule has 1 fully saturated rings. The number of hydrogen-bond acceptors (Lipinski definition) is 3. The number of nitrogens with one attached hydrogen (secondary N) is 1. The maximum atomic E-state index is 5.77. The highest BCUT2D eigenvalue weighted by molar-refractivity contribution is 5.78. The Balaban J connectivity index is 1.71. The fourth-order valence-corrected chi connectivity index (χ4v) is 2.77. The van der Waals surface area contributed by atoms with Crippen LogP contribution in [0.5, 0.6) is 0 Å². The topological polar surface area (TPSA) is 57.9 Å². The lowest BCUT2D eigenvalue weighted by atomic mass is 10.2. The Hall–Kier alpha value is -1.55. The molecule has 3 N–H and O–H groups in total. The summed E-state index contributed by atoms with van der Waals surface area (Å²) in [7, 11) is 0. The molecular weight excluding hydrogens is 224 g/mol. The average Bonchev–Trinajstić information content (AvgIpc) is 2.92. The van der Waals surface area contributed by atoms with Gasteiger partial charge in [-0.25, -0.2) is 4.98 Å². The quantitative estimate of drug-likeness (QED) is 0.814. The molecule has 1 aliphatic heterocycles. The smallest absolute Gasteiger partial charge is 0.108 e. The molecule has 4 nitrogen and oxygen atoms in total. The van der Waals surface area contributed by atoms with Crippen molar-refractivity contribution in [2.24, 2.45) is 0 Å². The second-order valence-electron chi connectivity index (χ2n) is 5.24. The predicted molar refractivity (Wildman–Crippen MR) is 74.5 cm³/mol. The number of anilines is 1. The molecule has 0 bridgehead atoms. The van der Waals surface area contributed by atoms with E-state index in [4.69, 9.17) is 5.73 Å². The first-order valence-corrected chi connectivity index (χ1v) is 6.70. The van der Waals surface area contributed by atoms with Gasteiger partial charge in [0.15, 0.2) is 0 Å². The van der Waals surface area contributed by atoms with Gasteiger partial charge in [0.25, 0.3) is 0 Å². The maximum Gasteiger partial charge on any atom is 0.108 e. The highest BCUT2D eigenvalue weighted by Crippen LogP contribution is 2.18. The first-order valence-electron chi connectivity index (χ1n) is 6.70. The Morgan fingerprint density at radius 2 is 2.39 bits per heavy atom. The summed E-state index contributed by atoms with van der Waals surface area (Å²) in [5.41, 5.74) is 8.60. The summed E-state index contributed by atoms with van der Waals surface area (Å²) in [6.07, 6.45) is 3.65. The van der Waals surface area contributed by atoms with E-state index >= 15 is 0 Å². The summed E-state index contributed by atoms with van der Waals surface area (Å²) in [6.45, 7) is 4.64. The molecule has 1 aromatic heterocycles. The third-order valence-corrected chi connectivity index (χ3v) is 3.88. The summed E-state index contributed by atoms with van der Waals surface area (Å²) >= 11 is 0. The third kappa shape index (κ3) is 2.20. The van der Waals surface area contributed by atoms with E-state index in [1.54, 1.807) is 0 Å². The lowest BCUT2D eigenvalue weighted by Gasteiger charge is -2.19. The maximum absolute atomic E-state index is 5.77. The Bertz CT molecular complexity index is 546. The fourth-order valence-electron chi connectivity index (χ4n) is 2.77. The van der Waals surface area contributed by atoms with Gasteiger partial charge in [0.05, 0.1) is 11.0 Å². The lowest BCUT2D eigenvalue weighted by Crippen LogP contribution is -2.29. The fraction of sp³-hybridized carbons (Fsp3) is 0.500. The van der Waals surface area contributed by atoms with Gasteiger partial charge < -0.3 is 15.6 Å². The van der Waals surface area contributed by atoms with Gasteiger partial charge in [0.1, 0.15) is 5.82 Å². The number of nitrogens with two attached hydrogens (primary N) is 1. The molecule has 0 saturated carbocycles. The van der Waals surface area contributed by atoms with E-state index in [1.165, 1.54) is 19.4 Å². The van der Waals surface area contributed by atoms with E-state index < -0.39 is 0 Å². The van der Waals surface area contributed by atoms with E-state index in [1.807, 2.05) is 18.2 Å². The number of aromatic amines is 1. The summed E-state index contributed by atoms with van der Waals surface area (Å²) in [6, 6.07) is 6.55. The van der Waals surface area contributed by atoms with Gasteiger partial charge in [-0.15, -0.1) is 0 Å². The summed E-state index contributed by atoms with van der Waals surface area (Å²) in [5.74, 6) is 1.06. The van der Waals surface area contributed by atoms with Crippen LogP contribution >= 0.6 is 0 Å². The van der Waals surface area contributed by atoms with Crippen LogP contribution in [0.3, 0.4) is 0 Å². The number of hydrogen-bond donors (Lipinski definition) is 2. The zero-order valence-corrected chi connectivity index (χ0v) is 10.8. The molecule has 2 aromatic rings. The van der Waals surface area contributed by atoms with Crippen molar-refractivity contribution in [2.45, 2.75) is 32.2 Å². The van der Waals surface area contributed by atoms with Crippen molar-refractivity contribution >= 4 is 16.7 Å². The first kappa shape index (κ1) is 11.5. The van der Waals surface area contributed by atoms with E-state index in [0.717, 1.165) is 41.6 Å². The zero-order chi connectivity index (χ0) is 12.5. The molecule has 1 saturated heterocycles. The van der Waals surface area contributed by atoms with Crippen molar-refractivity contribution in [1.82, 2.24) is 14.9 Å². The van der Waals surface area contributed by atoms with Crippen LogP contribution in [-0.2, 0) is 6.42 Å². The highest BCUT2D eigenvalue weighted by atomic mass is 15.2. The van der Waals surface area contributed by atoms with Crippen LogP contribution in [0.1, 0.15) is 25.6 Å². The van der Waals surface area contributed by atoms with Gasteiger partial charge in [-0.05, 0) is 44.5 Å². The number of H-pyrrole nitrogens is 1. The molecule has 4 heteroatoms. The van der Waals surface area contributed by atoms with E-state index in [2.05, 4.69) is 21.8 Å². The van der Waals surface area contributed by atoms with Gasteiger partial charge in [-0.1, -0.05) is 0 Å². The predicted octanol–water partition coefficient (Wildman–Crippen LogP) is 2.17. The number of nitrogen functional groups attached to an aromatic ring is 1. The number of benzene rings is 1. The van der Waals surface area contributed by atoms with Crippen LogP contribution in [0.4, 0.5) is 5.69 Å². The van der Waals surface area contributed by atoms with Crippen LogP contribution < -0.4 is 5.73 Å². The number of nitrogens with zero attached hydrogens (tertiary/aromatic N) is 2. The number of likely N-dealkylation sites (tertiary alicyclic amines) is 1. The Kier molecular flexibility index (Phi) is 2.96. The number of fused-ring (bicyclic) bond motifs is 1. The number of rotatable bonds is 3. The van der Waals surface area contributed by atoms with Gasteiger partial charge >= 0.3 is 0 Å². The van der Waals surface area contributed by atoms with E-state index in [0.29, 0.717) is 0 Å². The summed E-state index contributed by atoms with van der Waals surface area (Å²) in [5, 5.41) is 0. The second kappa shape index (κ2) is 4.61. The van der Waals surface area contributed by atoms with Gasteiger partial charge in [0, 0.05) is 24.7 Å². The molecule has 0 radical (unpaired) electrons. The molecule has 96 valence electrons. The van der Waals surface area contributed by atoms with Gasteiger partial charge in [-0.2, -0.15) is 0 Å². The van der Waals surface area contributed by atoms with Crippen molar-refractivity contribution in [3.05, 3.63) is 24.0 Å². The molecule has 18 heavy (non-hydrogen) atoms. The van der Waals surface area contributed by atoms with Crippen molar-refractivity contribution in [2.75, 3.05) is 18.8 Å². The Morgan fingerprint density at radius 1 is 1.50 bits per heavy atom. The molecule has 1 unspecified atom stereocenters. The van der Waals surface area contributed by atoms with Crippen molar-refractivity contribution in [1.29, 1.82) is 0 Å². The standard InChI is InChI=1S/C14H20N4/c1-10-3-2-7-18(10)8-6-14-16-12-5-4-11(15)9-13(12)17-14/h4-5,9-10H,2-3,6-8,15H2,1H3,(H,16,17). The average molecular weight is 244 g/mol. The van der Waals surface area contributed by atoms with Crippen LogP contribution in [0, 0.1) is 0 Å². The number of imidazole rings is 1. The molecule has 0 aliphatic carbocycles. The minimum atomic E-state index is 0.727.